The minimum absolute atomic E-state index is 0.674. The van der Waals surface area contributed by atoms with Gasteiger partial charge in [-0.25, -0.2) is 15.0 Å². The molecule has 0 aliphatic heterocycles. The third kappa shape index (κ3) is 4.75. The Morgan fingerprint density at radius 2 is 1.82 bits per heavy atom. The highest BCUT2D eigenvalue weighted by atomic mass is 16.5. The zero-order chi connectivity index (χ0) is 22.8. The second kappa shape index (κ2) is 9.06. The van der Waals surface area contributed by atoms with Gasteiger partial charge in [0.25, 0.3) is 0 Å². The molecule has 5 aromatic rings. The molecule has 168 valence electrons. The third-order valence-electron chi connectivity index (χ3n) is 5.90. The van der Waals surface area contributed by atoms with Crippen molar-refractivity contribution in [1.82, 2.24) is 24.9 Å². The van der Waals surface area contributed by atoms with Gasteiger partial charge in [-0.15, -0.1) is 0 Å². The van der Waals surface area contributed by atoms with Crippen LogP contribution in [-0.4, -0.2) is 31.5 Å². The molecule has 6 heteroatoms. The van der Waals surface area contributed by atoms with E-state index in [2.05, 4.69) is 57.5 Å². The van der Waals surface area contributed by atoms with Crippen LogP contribution in [0.1, 0.15) is 47.5 Å². The number of nitrogens with one attached hydrogen (secondary N) is 2. The fraction of sp³-hybridized carbons (Fsp3) is 0.296. The largest absolute Gasteiger partial charge is 0.494 e. The molecule has 6 nitrogen and oxygen atoms in total. The average molecular weight is 440 g/mol. The van der Waals surface area contributed by atoms with Gasteiger partial charge in [-0.1, -0.05) is 6.07 Å². The molecule has 33 heavy (non-hydrogen) atoms. The highest BCUT2D eigenvalue weighted by molar-refractivity contribution is 5.84. The Hall–Kier alpha value is -3.67. The molecule has 3 heterocycles. The van der Waals surface area contributed by atoms with E-state index in [4.69, 9.17) is 14.7 Å². The summed E-state index contributed by atoms with van der Waals surface area (Å²) in [4.78, 5) is 20.7. The van der Waals surface area contributed by atoms with Gasteiger partial charge in [0.15, 0.2) is 0 Å². The van der Waals surface area contributed by atoms with Gasteiger partial charge in [0.2, 0.25) is 0 Å². The molecule has 2 aromatic carbocycles. The highest BCUT2D eigenvalue weighted by Crippen LogP contribution is 2.25. The molecule has 0 bridgehead atoms. The van der Waals surface area contributed by atoms with Gasteiger partial charge in [-0.3, -0.25) is 0 Å². The van der Waals surface area contributed by atoms with Crippen molar-refractivity contribution >= 4 is 21.9 Å². The zero-order valence-electron chi connectivity index (χ0n) is 19.4. The summed E-state index contributed by atoms with van der Waals surface area (Å²) in [6, 6.07) is 14.7. The van der Waals surface area contributed by atoms with Gasteiger partial charge in [0, 0.05) is 41.3 Å². The van der Waals surface area contributed by atoms with E-state index in [-0.39, 0.29) is 0 Å². The van der Waals surface area contributed by atoms with Crippen molar-refractivity contribution < 1.29 is 4.74 Å². The van der Waals surface area contributed by atoms with E-state index in [1.807, 2.05) is 26.8 Å². The first-order valence-corrected chi connectivity index (χ1v) is 11.6. The number of H-pyrrole nitrogens is 2. The molecule has 3 aromatic heterocycles. The SMILES string of the molecule is CCOc1ccc2[nH]cc(CCCc3nc(C)cc(Cc4ccc5nc(C)[nH]c5c4)n3)c2c1. The Kier molecular flexibility index (Phi) is 5.82. The lowest BCUT2D eigenvalue weighted by Crippen LogP contribution is -2.03. The average Bonchev–Trinajstić information content (AvgIpc) is 3.35. The number of hydrogen-bond donors (Lipinski definition) is 2. The number of rotatable bonds is 8. The molecule has 0 unspecified atom stereocenters. The summed E-state index contributed by atoms with van der Waals surface area (Å²) in [6.07, 6.45) is 5.71. The predicted octanol–water partition coefficient (Wildman–Crippen LogP) is 5.62. The summed E-state index contributed by atoms with van der Waals surface area (Å²) < 4.78 is 5.67. The quantitative estimate of drug-likeness (QED) is 0.329. The first-order chi connectivity index (χ1) is 16.1. The van der Waals surface area contributed by atoms with E-state index in [1.165, 1.54) is 16.5 Å². The van der Waals surface area contributed by atoms with Gasteiger partial charge in [0.1, 0.15) is 17.4 Å². The topological polar surface area (TPSA) is 79.5 Å². The number of hydrogen-bond acceptors (Lipinski definition) is 4. The molecule has 0 radical (unpaired) electrons. The normalized spacial score (nSPS) is 11.5. The zero-order valence-corrected chi connectivity index (χ0v) is 19.4. The molecular formula is C27H29N5O. The Morgan fingerprint density at radius 1 is 0.909 bits per heavy atom. The number of aromatic nitrogens is 5. The molecule has 0 saturated heterocycles. The summed E-state index contributed by atoms with van der Waals surface area (Å²) >= 11 is 0. The number of aryl methyl sites for hydroxylation is 4. The lowest BCUT2D eigenvalue weighted by molar-refractivity contribution is 0.340. The third-order valence-corrected chi connectivity index (χ3v) is 5.90. The fourth-order valence-corrected chi connectivity index (χ4v) is 4.46. The summed E-state index contributed by atoms with van der Waals surface area (Å²) in [6.45, 7) is 6.71. The number of fused-ring (bicyclic) bond motifs is 2. The maximum Gasteiger partial charge on any atom is 0.128 e. The van der Waals surface area contributed by atoms with Crippen molar-refractivity contribution in [3.05, 3.63) is 82.8 Å². The van der Waals surface area contributed by atoms with Crippen LogP contribution in [0.4, 0.5) is 0 Å². The summed E-state index contributed by atoms with van der Waals surface area (Å²) in [5, 5.41) is 1.23. The molecule has 2 N–H and O–H groups in total. The van der Waals surface area contributed by atoms with Gasteiger partial charge >= 0.3 is 0 Å². The van der Waals surface area contributed by atoms with Crippen LogP contribution in [0.2, 0.25) is 0 Å². The number of benzene rings is 2. The molecule has 0 spiro atoms. The van der Waals surface area contributed by atoms with Gasteiger partial charge in [-0.05, 0) is 81.1 Å². The van der Waals surface area contributed by atoms with Gasteiger partial charge in [0.05, 0.1) is 17.6 Å². The van der Waals surface area contributed by atoms with Crippen molar-refractivity contribution in [2.24, 2.45) is 0 Å². The number of imidazole rings is 1. The molecule has 0 aliphatic rings. The summed E-state index contributed by atoms with van der Waals surface area (Å²) in [5.74, 6) is 2.77. The van der Waals surface area contributed by atoms with Crippen LogP contribution in [-0.2, 0) is 19.3 Å². The van der Waals surface area contributed by atoms with Crippen LogP contribution < -0.4 is 4.74 Å². The molecule has 0 atom stereocenters. The molecule has 0 amide bonds. The van der Waals surface area contributed by atoms with Crippen molar-refractivity contribution in [1.29, 1.82) is 0 Å². The monoisotopic (exact) mass is 439 g/mol. The maximum absolute atomic E-state index is 5.67. The van der Waals surface area contributed by atoms with E-state index >= 15 is 0 Å². The predicted molar refractivity (Wildman–Crippen MR) is 132 cm³/mol. The van der Waals surface area contributed by atoms with Crippen LogP contribution in [0.25, 0.3) is 21.9 Å². The Morgan fingerprint density at radius 3 is 2.70 bits per heavy atom. The standard InChI is InChI=1S/C27H29N5O/c1-4-33-22-9-11-24-23(15-22)20(16-28-24)6-5-7-27-29-17(2)12-21(32-27)13-19-8-10-25-26(14-19)31-18(3)30-25/h8-12,14-16,28H,4-7,13H2,1-3H3,(H,30,31). The lowest BCUT2D eigenvalue weighted by atomic mass is 10.1. The maximum atomic E-state index is 5.67. The lowest BCUT2D eigenvalue weighted by Gasteiger charge is -2.07. The van der Waals surface area contributed by atoms with Crippen LogP contribution in [0, 0.1) is 13.8 Å². The number of aromatic amines is 2. The Bertz CT molecular complexity index is 1420. The van der Waals surface area contributed by atoms with E-state index in [1.54, 1.807) is 0 Å². The van der Waals surface area contributed by atoms with Crippen molar-refractivity contribution in [3.63, 3.8) is 0 Å². The van der Waals surface area contributed by atoms with Gasteiger partial charge < -0.3 is 14.7 Å². The molecule has 5 rings (SSSR count). The van der Waals surface area contributed by atoms with Crippen molar-refractivity contribution in [3.8, 4) is 5.75 Å². The van der Waals surface area contributed by atoms with Crippen LogP contribution in [0.5, 0.6) is 5.75 Å². The number of ether oxygens (including phenoxy) is 1. The van der Waals surface area contributed by atoms with E-state index < -0.39 is 0 Å². The second-order valence-corrected chi connectivity index (χ2v) is 8.58. The van der Waals surface area contributed by atoms with E-state index in [9.17, 15) is 0 Å². The minimum Gasteiger partial charge on any atom is -0.494 e. The van der Waals surface area contributed by atoms with Crippen molar-refractivity contribution in [2.75, 3.05) is 6.61 Å². The van der Waals surface area contributed by atoms with E-state index in [0.29, 0.717) is 6.61 Å². The van der Waals surface area contributed by atoms with Gasteiger partial charge in [-0.2, -0.15) is 0 Å². The summed E-state index contributed by atoms with van der Waals surface area (Å²) in [7, 11) is 0. The first kappa shape index (κ1) is 21.2. The van der Waals surface area contributed by atoms with Crippen LogP contribution in [0.3, 0.4) is 0 Å². The number of nitrogens with zero attached hydrogens (tertiary/aromatic N) is 3. The Labute approximate surface area is 193 Å². The minimum atomic E-state index is 0.674. The van der Waals surface area contributed by atoms with Crippen LogP contribution in [0.15, 0.2) is 48.7 Å². The second-order valence-electron chi connectivity index (χ2n) is 8.58. The van der Waals surface area contributed by atoms with Crippen molar-refractivity contribution in [2.45, 2.75) is 46.5 Å². The first-order valence-electron chi connectivity index (χ1n) is 11.6. The summed E-state index contributed by atoms with van der Waals surface area (Å²) in [5.41, 5.74) is 7.82. The molecular weight excluding hydrogens is 410 g/mol. The van der Waals surface area contributed by atoms with E-state index in [0.717, 1.165) is 71.0 Å². The van der Waals surface area contributed by atoms with Crippen LogP contribution >= 0.6 is 0 Å². The smallest absolute Gasteiger partial charge is 0.128 e. The molecule has 0 aliphatic carbocycles. The fourth-order valence-electron chi connectivity index (χ4n) is 4.46. The Balaban J connectivity index is 1.27. The molecule has 0 saturated carbocycles. The molecule has 0 fully saturated rings. The highest BCUT2D eigenvalue weighted by Gasteiger charge is 2.09.